The summed E-state index contributed by atoms with van der Waals surface area (Å²) in [7, 11) is 0. The smallest absolute Gasteiger partial charge is 0.351 e. The second kappa shape index (κ2) is 4.67. The SMILES string of the molecule is Nc1nc(=O)n([C@H]2O[C@@H](CO)[C@H](O)C2(F)F)cc1Cl. The van der Waals surface area contributed by atoms with Gasteiger partial charge in [-0.05, 0) is 0 Å². The highest BCUT2D eigenvalue weighted by atomic mass is 35.5. The van der Waals surface area contributed by atoms with Crippen molar-refractivity contribution in [3.05, 3.63) is 21.7 Å². The molecule has 0 saturated carbocycles. The summed E-state index contributed by atoms with van der Waals surface area (Å²) in [5.74, 6) is -4.08. The van der Waals surface area contributed by atoms with Crippen LogP contribution in [0.3, 0.4) is 0 Å². The quantitative estimate of drug-likeness (QED) is 0.670. The molecule has 0 aromatic carbocycles. The highest BCUT2D eigenvalue weighted by Gasteiger charge is 2.59. The van der Waals surface area contributed by atoms with Crippen LogP contribution in [0.1, 0.15) is 6.23 Å². The monoisotopic (exact) mass is 297 g/mol. The maximum absolute atomic E-state index is 13.8. The van der Waals surface area contributed by atoms with E-state index in [0.717, 1.165) is 6.20 Å². The lowest BCUT2D eigenvalue weighted by molar-refractivity contribution is -0.140. The first-order chi connectivity index (χ1) is 8.78. The lowest BCUT2D eigenvalue weighted by Gasteiger charge is -2.21. The van der Waals surface area contributed by atoms with Crippen molar-refractivity contribution in [1.29, 1.82) is 0 Å². The number of nitrogens with two attached hydrogens (primary N) is 1. The lowest BCUT2D eigenvalue weighted by atomic mass is 10.1. The van der Waals surface area contributed by atoms with E-state index in [1.165, 1.54) is 0 Å². The van der Waals surface area contributed by atoms with Crippen LogP contribution in [-0.4, -0.2) is 44.5 Å². The maximum Gasteiger partial charge on any atom is 0.351 e. The molecule has 1 fully saturated rings. The molecule has 3 atom stereocenters. The first-order valence-electron chi connectivity index (χ1n) is 5.15. The van der Waals surface area contributed by atoms with Crippen LogP contribution in [0.2, 0.25) is 5.02 Å². The first kappa shape index (κ1) is 14.1. The Morgan fingerprint density at radius 1 is 1.63 bits per heavy atom. The Morgan fingerprint density at radius 3 is 2.79 bits per heavy atom. The predicted molar refractivity (Wildman–Crippen MR) is 59.9 cm³/mol. The Morgan fingerprint density at radius 2 is 2.26 bits per heavy atom. The van der Waals surface area contributed by atoms with Crippen molar-refractivity contribution in [1.82, 2.24) is 9.55 Å². The Kier molecular flexibility index (Phi) is 3.47. The van der Waals surface area contributed by atoms with Crippen LogP contribution in [0, 0.1) is 0 Å². The number of hydrogen-bond acceptors (Lipinski definition) is 6. The molecule has 19 heavy (non-hydrogen) atoms. The largest absolute Gasteiger partial charge is 0.394 e. The van der Waals surface area contributed by atoms with Crippen LogP contribution in [0.4, 0.5) is 14.6 Å². The molecule has 4 N–H and O–H groups in total. The summed E-state index contributed by atoms with van der Waals surface area (Å²) in [5.41, 5.74) is 4.16. The van der Waals surface area contributed by atoms with E-state index in [9.17, 15) is 18.7 Å². The molecule has 2 rings (SSSR count). The summed E-state index contributed by atoms with van der Waals surface area (Å²) in [6.45, 7) is -0.821. The normalized spacial score (nSPS) is 29.6. The van der Waals surface area contributed by atoms with Crippen LogP contribution >= 0.6 is 11.6 Å². The molecule has 0 aliphatic carbocycles. The molecule has 1 aliphatic heterocycles. The Balaban J connectivity index is 2.48. The summed E-state index contributed by atoms with van der Waals surface area (Å²) in [4.78, 5) is 14.8. The van der Waals surface area contributed by atoms with Crippen molar-refractivity contribution in [3.8, 4) is 0 Å². The molecule has 10 heteroatoms. The zero-order chi connectivity index (χ0) is 14.4. The van der Waals surface area contributed by atoms with Crippen molar-refractivity contribution in [2.24, 2.45) is 0 Å². The summed E-state index contributed by atoms with van der Waals surface area (Å²) < 4.78 is 32.8. The van der Waals surface area contributed by atoms with Gasteiger partial charge in [0.05, 0.1) is 11.6 Å². The third-order valence-corrected chi connectivity index (χ3v) is 3.04. The standard InChI is InChI=1S/C9H10ClF2N3O4/c10-3-1-15(8(18)14-6(3)13)7-9(11,12)5(17)4(2-16)19-7/h1,4-5,7,16-17H,2H2,(H2,13,14,18)/t4-,5-,7-/m0/s1. The number of rotatable bonds is 2. The van der Waals surface area contributed by atoms with E-state index in [-0.39, 0.29) is 10.8 Å². The van der Waals surface area contributed by atoms with Gasteiger partial charge in [0.15, 0.2) is 6.10 Å². The number of aliphatic hydroxyl groups is 2. The number of nitrogen functional groups attached to an aromatic ring is 1. The van der Waals surface area contributed by atoms with Crippen LogP contribution in [0.5, 0.6) is 0 Å². The topological polar surface area (TPSA) is 111 Å². The number of halogens is 3. The molecule has 2 heterocycles. The second-order valence-electron chi connectivity index (χ2n) is 3.99. The first-order valence-corrected chi connectivity index (χ1v) is 5.53. The fraction of sp³-hybridized carbons (Fsp3) is 0.556. The Labute approximate surface area is 110 Å². The molecular weight excluding hydrogens is 288 g/mol. The summed E-state index contributed by atoms with van der Waals surface area (Å²) in [5, 5.41) is 18.0. The fourth-order valence-electron chi connectivity index (χ4n) is 1.74. The summed E-state index contributed by atoms with van der Waals surface area (Å²) >= 11 is 5.60. The van der Waals surface area contributed by atoms with Gasteiger partial charge in [-0.2, -0.15) is 13.8 Å². The number of ether oxygens (including phenoxy) is 1. The number of aromatic nitrogens is 2. The minimum Gasteiger partial charge on any atom is -0.394 e. The molecular formula is C9H10ClF2N3O4. The van der Waals surface area contributed by atoms with Gasteiger partial charge in [0.2, 0.25) is 6.23 Å². The van der Waals surface area contributed by atoms with Gasteiger partial charge < -0.3 is 20.7 Å². The zero-order valence-electron chi connectivity index (χ0n) is 9.33. The molecule has 106 valence electrons. The van der Waals surface area contributed by atoms with E-state index in [1.807, 2.05) is 0 Å². The maximum atomic E-state index is 13.8. The van der Waals surface area contributed by atoms with Crippen molar-refractivity contribution >= 4 is 17.4 Å². The molecule has 0 radical (unpaired) electrons. The molecule has 0 bridgehead atoms. The summed E-state index contributed by atoms with van der Waals surface area (Å²) in [6, 6.07) is 0. The van der Waals surface area contributed by atoms with Gasteiger partial charge in [0, 0.05) is 6.20 Å². The zero-order valence-corrected chi connectivity index (χ0v) is 10.1. The molecule has 1 aromatic heterocycles. The molecule has 1 saturated heterocycles. The van der Waals surface area contributed by atoms with Gasteiger partial charge >= 0.3 is 11.6 Å². The highest BCUT2D eigenvalue weighted by molar-refractivity contribution is 6.32. The van der Waals surface area contributed by atoms with Crippen LogP contribution in [0.25, 0.3) is 0 Å². The van der Waals surface area contributed by atoms with E-state index in [4.69, 9.17) is 27.2 Å². The van der Waals surface area contributed by atoms with Gasteiger partial charge in [0.25, 0.3) is 0 Å². The predicted octanol–water partition coefficient (Wildman–Crippen LogP) is -0.635. The van der Waals surface area contributed by atoms with Crippen LogP contribution in [0.15, 0.2) is 11.0 Å². The second-order valence-corrected chi connectivity index (χ2v) is 4.40. The van der Waals surface area contributed by atoms with Crippen molar-refractivity contribution in [2.45, 2.75) is 24.4 Å². The van der Waals surface area contributed by atoms with Gasteiger partial charge in [-0.15, -0.1) is 0 Å². The van der Waals surface area contributed by atoms with Crippen molar-refractivity contribution in [2.75, 3.05) is 12.3 Å². The fourth-order valence-corrected chi connectivity index (χ4v) is 1.89. The molecule has 0 amide bonds. The number of aliphatic hydroxyl groups excluding tert-OH is 2. The highest BCUT2D eigenvalue weighted by Crippen LogP contribution is 2.42. The molecule has 1 aromatic rings. The van der Waals surface area contributed by atoms with E-state index >= 15 is 0 Å². The average Bonchev–Trinajstić information content (AvgIpc) is 2.56. The average molecular weight is 298 g/mol. The van der Waals surface area contributed by atoms with Gasteiger partial charge in [-0.3, -0.25) is 4.57 Å². The molecule has 7 nitrogen and oxygen atoms in total. The molecule has 1 aliphatic rings. The van der Waals surface area contributed by atoms with Crippen LogP contribution < -0.4 is 11.4 Å². The van der Waals surface area contributed by atoms with E-state index in [1.54, 1.807) is 0 Å². The third kappa shape index (κ3) is 2.18. The number of hydrogen-bond donors (Lipinski definition) is 3. The van der Waals surface area contributed by atoms with E-state index in [0.29, 0.717) is 4.57 Å². The molecule has 0 unspecified atom stereocenters. The van der Waals surface area contributed by atoms with E-state index < -0.39 is 36.7 Å². The van der Waals surface area contributed by atoms with E-state index in [2.05, 4.69) is 4.98 Å². The molecule has 0 spiro atoms. The van der Waals surface area contributed by atoms with Crippen molar-refractivity contribution in [3.63, 3.8) is 0 Å². The van der Waals surface area contributed by atoms with Gasteiger partial charge in [-0.25, -0.2) is 4.79 Å². The van der Waals surface area contributed by atoms with Crippen molar-refractivity contribution < 1.29 is 23.7 Å². The summed E-state index contributed by atoms with van der Waals surface area (Å²) in [6.07, 6.45) is -5.02. The van der Waals surface area contributed by atoms with Crippen LogP contribution in [-0.2, 0) is 4.74 Å². The minimum absolute atomic E-state index is 0.207. The lowest BCUT2D eigenvalue weighted by Crippen LogP contribution is -2.41. The Hall–Kier alpha value is -1.29. The minimum atomic E-state index is -3.78. The van der Waals surface area contributed by atoms with Gasteiger partial charge in [0.1, 0.15) is 11.9 Å². The third-order valence-electron chi connectivity index (χ3n) is 2.75. The number of anilines is 1. The Bertz CT molecular complexity index is 553. The number of alkyl halides is 2. The number of nitrogens with zero attached hydrogens (tertiary/aromatic N) is 2. The van der Waals surface area contributed by atoms with Gasteiger partial charge in [-0.1, -0.05) is 11.6 Å².